The second-order valence-electron chi connectivity index (χ2n) is 4.12. The predicted molar refractivity (Wildman–Crippen MR) is 69.5 cm³/mol. The molecule has 0 aliphatic heterocycles. The molecule has 100 valence electrons. The van der Waals surface area contributed by atoms with Crippen molar-refractivity contribution in [2.75, 3.05) is 12.4 Å². The molecule has 0 bridgehead atoms. The molecule has 1 aromatic rings. The Kier molecular flexibility index (Phi) is 5.92. The Morgan fingerprint density at radius 3 is 2.83 bits per heavy atom. The normalized spacial score (nSPS) is 12.2. The molecule has 1 rings (SSSR count). The highest BCUT2D eigenvalue weighted by Crippen LogP contribution is 2.18. The van der Waals surface area contributed by atoms with Gasteiger partial charge in [-0.3, -0.25) is 4.79 Å². The van der Waals surface area contributed by atoms with Crippen molar-refractivity contribution in [2.24, 2.45) is 5.92 Å². The predicted octanol–water partition coefficient (Wildman–Crippen LogP) is 2.92. The fourth-order valence-electron chi connectivity index (χ4n) is 1.63. The minimum Gasteiger partial charge on any atom is -0.507 e. The third kappa shape index (κ3) is 4.18. The summed E-state index contributed by atoms with van der Waals surface area (Å²) in [6.07, 6.45) is 1.75. The average molecular weight is 274 g/mol. The van der Waals surface area contributed by atoms with Crippen LogP contribution in [0.25, 0.3) is 0 Å². The lowest BCUT2D eigenvalue weighted by molar-refractivity contribution is 0.0943. The number of hydrogen-bond acceptors (Lipinski definition) is 2. The lowest BCUT2D eigenvalue weighted by Crippen LogP contribution is -2.29. The first kappa shape index (κ1) is 14.8. The zero-order valence-corrected chi connectivity index (χ0v) is 11.0. The highest BCUT2D eigenvalue weighted by molar-refractivity contribution is 6.17. The maximum Gasteiger partial charge on any atom is 0.255 e. The minimum absolute atomic E-state index is 0.0807. The second kappa shape index (κ2) is 7.21. The topological polar surface area (TPSA) is 49.3 Å². The van der Waals surface area contributed by atoms with Gasteiger partial charge in [0.05, 0.1) is 5.56 Å². The molecule has 0 aliphatic carbocycles. The molecule has 0 spiro atoms. The molecule has 0 saturated carbocycles. The molecule has 18 heavy (non-hydrogen) atoms. The maximum absolute atomic E-state index is 12.8. The number of alkyl halides is 1. The summed E-state index contributed by atoms with van der Waals surface area (Å²) in [5, 5.41) is 12.2. The van der Waals surface area contributed by atoms with Crippen molar-refractivity contribution in [3.63, 3.8) is 0 Å². The number of phenolic OH excluding ortho intramolecular Hbond substituents is 1. The Balaban J connectivity index is 2.59. The van der Waals surface area contributed by atoms with Crippen molar-refractivity contribution in [3.8, 4) is 5.75 Å². The number of aromatic hydroxyl groups is 1. The molecular weight excluding hydrogens is 257 g/mol. The Hall–Kier alpha value is -1.29. The van der Waals surface area contributed by atoms with E-state index in [0.29, 0.717) is 18.3 Å². The molecule has 0 aromatic heterocycles. The Morgan fingerprint density at radius 2 is 2.28 bits per heavy atom. The van der Waals surface area contributed by atoms with E-state index in [-0.39, 0.29) is 11.3 Å². The van der Waals surface area contributed by atoms with Gasteiger partial charge >= 0.3 is 0 Å². The van der Waals surface area contributed by atoms with Crippen molar-refractivity contribution in [2.45, 2.75) is 19.8 Å². The van der Waals surface area contributed by atoms with Crippen LogP contribution in [0.1, 0.15) is 30.1 Å². The first-order valence-corrected chi connectivity index (χ1v) is 6.44. The number of phenols is 1. The first-order chi connectivity index (χ1) is 8.58. The molecule has 5 heteroatoms. The van der Waals surface area contributed by atoms with Gasteiger partial charge in [0.15, 0.2) is 0 Å². The van der Waals surface area contributed by atoms with Gasteiger partial charge in [-0.2, -0.15) is 0 Å². The van der Waals surface area contributed by atoms with E-state index < -0.39 is 11.7 Å². The second-order valence-corrected chi connectivity index (χ2v) is 4.50. The molecule has 1 amide bonds. The van der Waals surface area contributed by atoms with Gasteiger partial charge in [-0.1, -0.05) is 13.3 Å². The van der Waals surface area contributed by atoms with E-state index in [0.717, 1.165) is 25.0 Å². The number of amides is 1. The molecule has 3 nitrogen and oxygen atoms in total. The number of nitrogens with one attached hydrogen (secondary N) is 1. The van der Waals surface area contributed by atoms with Crippen LogP contribution in [0.3, 0.4) is 0 Å². The van der Waals surface area contributed by atoms with Gasteiger partial charge in [0.1, 0.15) is 11.6 Å². The number of carbonyl (C=O) groups excluding carboxylic acids is 1. The molecule has 0 fully saturated rings. The van der Waals surface area contributed by atoms with E-state index in [2.05, 4.69) is 5.32 Å². The number of hydrogen-bond donors (Lipinski definition) is 2. The van der Waals surface area contributed by atoms with Crippen molar-refractivity contribution in [1.29, 1.82) is 0 Å². The fraction of sp³-hybridized carbons (Fsp3) is 0.462. The largest absolute Gasteiger partial charge is 0.507 e. The molecule has 1 aromatic carbocycles. The van der Waals surface area contributed by atoms with E-state index in [4.69, 9.17) is 11.6 Å². The minimum atomic E-state index is -0.572. The monoisotopic (exact) mass is 273 g/mol. The number of halogens is 2. The number of carbonyl (C=O) groups is 1. The smallest absolute Gasteiger partial charge is 0.255 e. The molecule has 1 unspecified atom stereocenters. The van der Waals surface area contributed by atoms with Gasteiger partial charge < -0.3 is 10.4 Å². The van der Waals surface area contributed by atoms with E-state index in [1.54, 1.807) is 0 Å². The zero-order valence-electron chi connectivity index (χ0n) is 10.2. The van der Waals surface area contributed by atoms with Crippen LogP contribution in [0.15, 0.2) is 18.2 Å². The van der Waals surface area contributed by atoms with Gasteiger partial charge in [0.25, 0.3) is 5.91 Å². The molecule has 1 atom stereocenters. The quantitative estimate of drug-likeness (QED) is 0.783. The van der Waals surface area contributed by atoms with Gasteiger partial charge in [-0.25, -0.2) is 4.39 Å². The number of benzene rings is 1. The summed E-state index contributed by atoms with van der Waals surface area (Å²) in [6.45, 7) is 2.53. The van der Waals surface area contributed by atoms with Gasteiger partial charge in [0.2, 0.25) is 0 Å². The summed E-state index contributed by atoms with van der Waals surface area (Å²) in [5.41, 5.74) is 0.0807. The lowest BCUT2D eigenvalue weighted by Gasteiger charge is -2.14. The van der Waals surface area contributed by atoms with Crippen molar-refractivity contribution >= 4 is 17.5 Å². The van der Waals surface area contributed by atoms with Crippen molar-refractivity contribution in [3.05, 3.63) is 29.6 Å². The first-order valence-electron chi connectivity index (χ1n) is 5.91. The zero-order chi connectivity index (χ0) is 13.5. The third-order valence-corrected chi connectivity index (χ3v) is 3.07. The summed E-state index contributed by atoms with van der Waals surface area (Å²) < 4.78 is 12.8. The van der Waals surface area contributed by atoms with Crippen LogP contribution < -0.4 is 5.32 Å². The molecule has 0 heterocycles. The van der Waals surface area contributed by atoms with Crippen molar-refractivity contribution < 1.29 is 14.3 Å². The molecule has 0 aliphatic rings. The number of rotatable bonds is 6. The average Bonchev–Trinajstić information content (AvgIpc) is 2.34. The summed E-state index contributed by atoms with van der Waals surface area (Å²) in [4.78, 5) is 11.8. The van der Waals surface area contributed by atoms with E-state index in [1.165, 1.54) is 6.07 Å². The SMILES string of the molecule is CCC(CCCl)CNC(=O)c1ccc(F)cc1O. The summed E-state index contributed by atoms with van der Waals surface area (Å²) >= 11 is 5.66. The molecule has 0 radical (unpaired) electrons. The van der Waals surface area contributed by atoms with E-state index >= 15 is 0 Å². The van der Waals surface area contributed by atoms with Crippen LogP contribution in [0.2, 0.25) is 0 Å². The van der Waals surface area contributed by atoms with Crippen LogP contribution in [-0.2, 0) is 0 Å². The Bertz CT molecular complexity index is 412. The highest BCUT2D eigenvalue weighted by atomic mass is 35.5. The van der Waals surface area contributed by atoms with Crippen LogP contribution >= 0.6 is 11.6 Å². The Morgan fingerprint density at radius 1 is 1.56 bits per heavy atom. The molecular formula is C13H17ClFNO2. The molecule has 2 N–H and O–H groups in total. The standard InChI is InChI=1S/C13H17ClFNO2/c1-2-9(5-6-14)8-16-13(18)11-4-3-10(15)7-12(11)17/h3-4,7,9,17H,2,5-6,8H2,1H3,(H,16,18). The van der Waals surface area contributed by atoms with Gasteiger partial charge in [-0.15, -0.1) is 11.6 Å². The summed E-state index contributed by atoms with van der Waals surface area (Å²) in [6, 6.07) is 3.33. The van der Waals surface area contributed by atoms with E-state index in [1.807, 2.05) is 6.92 Å². The van der Waals surface area contributed by atoms with Gasteiger partial charge in [0, 0.05) is 18.5 Å². The fourth-order valence-corrected chi connectivity index (χ4v) is 1.94. The van der Waals surface area contributed by atoms with Crippen LogP contribution in [0.5, 0.6) is 5.75 Å². The van der Waals surface area contributed by atoms with Crippen LogP contribution in [-0.4, -0.2) is 23.4 Å². The third-order valence-electron chi connectivity index (χ3n) is 2.85. The summed E-state index contributed by atoms with van der Waals surface area (Å²) in [7, 11) is 0. The highest BCUT2D eigenvalue weighted by Gasteiger charge is 2.13. The van der Waals surface area contributed by atoms with E-state index in [9.17, 15) is 14.3 Å². The molecule has 0 saturated heterocycles. The lowest BCUT2D eigenvalue weighted by atomic mass is 10.0. The van der Waals surface area contributed by atoms with Crippen LogP contribution in [0.4, 0.5) is 4.39 Å². The summed E-state index contributed by atoms with van der Waals surface area (Å²) in [5.74, 6) is -0.457. The van der Waals surface area contributed by atoms with Gasteiger partial charge in [-0.05, 0) is 24.5 Å². The van der Waals surface area contributed by atoms with Crippen LogP contribution in [0, 0.1) is 11.7 Å². The Labute approximate surface area is 111 Å². The van der Waals surface area contributed by atoms with Crippen molar-refractivity contribution in [1.82, 2.24) is 5.32 Å². The maximum atomic E-state index is 12.8.